The topological polar surface area (TPSA) is 84.0 Å². The maximum Gasteiger partial charge on any atom is 0.230 e. The molecule has 6 nitrogen and oxygen atoms in total. The lowest BCUT2D eigenvalue weighted by Crippen LogP contribution is -2.24. The van der Waals surface area contributed by atoms with Crippen LogP contribution in [-0.2, 0) is 16.1 Å². The summed E-state index contributed by atoms with van der Waals surface area (Å²) in [6, 6.07) is 9.71. The fraction of sp³-hybridized carbons (Fsp3) is 0.231. The molecule has 1 aromatic carbocycles. The van der Waals surface area contributed by atoms with Gasteiger partial charge in [0.15, 0.2) is 4.34 Å². The van der Waals surface area contributed by atoms with Gasteiger partial charge in [-0.05, 0) is 5.56 Å². The number of anilines is 1. The Morgan fingerprint density at radius 1 is 1.24 bits per heavy atom. The van der Waals surface area contributed by atoms with Crippen LogP contribution < -0.4 is 10.6 Å². The van der Waals surface area contributed by atoms with Crippen molar-refractivity contribution in [2.75, 3.05) is 11.1 Å². The average molecular weight is 322 g/mol. The molecule has 0 atom stereocenters. The van der Waals surface area contributed by atoms with E-state index in [-0.39, 0.29) is 17.6 Å². The van der Waals surface area contributed by atoms with Crippen LogP contribution in [0.1, 0.15) is 12.5 Å². The number of benzene rings is 1. The molecule has 1 heterocycles. The standard InChI is InChI=1S/C13H14N4O2S2/c1-9(18)15-12-16-17-13(21-12)20-8-11(19)14-7-10-5-3-2-4-6-10/h2-6H,7-8H2,1H3,(H,14,19)(H,15,16,18). The molecule has 0 aliphatic carbocycles. The van der Waals surface area contributed by atoms with Crippen LogP contribution >= 0.6 is 23.1 Å². The van der Waals surface area contributed by atoms with E-state index in [1.807, 2.05) is 30.3 Å². The van der Waals surface area contributed by atoms with Gasteiger partial charge in [0.1, 0.15) is 0 Å². The van der Waals surface area contributed by atoms with Crippen molar-refractivity contribution >= 4 is 40.0 Å². The van der Waals surface area contributed by atoms with E-state index < -0.39 is 0 Å². The van der Waals surface area contributed by atoms with Crippen LogP contribution in [-0.4, -0.2) is 27.8 Å². The van der Waals surface area contributed by atoms with Gasteiger partial charge in [0.2, 0.25) is 16.9 Å². The van der Waals surface area contributed by atoms with Gasteiger partial charge in [-0.2, -0.15) is 0 Å². The predicted octanol–water partition coefficient (Wildman–Crippen LogP) is 1.90. The molecule has 0 unspecified atom stereocenters. The van der Waals surface area contributed by atoms with Crippen molar-refractivity contribution in [3.63, 3.8) is 0 Å². The molecule has 0 fully saturated rings. The Kier molecular flexibility index (Phi) is 5.70. The number of aromatic nitrogens is 2. The summed E-state index contributed by atoms with van der Waals surface area (Å²) in [5, 5.41) is 13.5. The maximum absolute atomic E-state index is 11.7. The molecular formula is C13H14N4O2S2. The summed E-state index contributed by atoms with van der Waals surface area (Å²) >= 11 is 2.54. The first-order valence-corrected chi connectivity index (χ1v) is 7.98. The van der Waals surface area contributed by atoms with Crippen LogP contribution in [0.15, 0.2) is 34.7 Å². The maximum atomic E-state index is 11.7. The summed E-state index contributed by atoms with van der Waals surface area (Å²) in [5.41, 5.74) is 1.06. The Balaban J connectivity index is 1.73. The molecule has 0 saturated heterocycles. The molecule has 21 heavy (non-hydrogen) atoms. The van der Waals surface area contributed by atoms with E-state index in [2.05, 4.69) is 20.8 Å². The number of nitrogens with zero attached hydrogens (tertiary/aromatic N) is 2. The minimum absolute atomic E-state index is 0.0693. The van der Waals surface area contributed by atoms with Gasteiger partial charge in [-0.1, -0.05) is 53.4 Å². The van der Waals surface area contributed by atoms with Crippen molar-refractivity contribution in [3.8, 4) is 0 Å². The van der Waals surface area contributed by atoms with Crippen molar-refractivity contribution in [1.82, 2.24) is 15.5 Å². The molecule has 0 aliphatic rings. The SMILES string of the molecule is CC(=O)Nc1nnc(SCC(=O)NCc2ccccc2)s1. The number of rotatable bonds is 6. The first kappa shape index (κ1) is 15.5. The van der Waals surface area contributed by atoms with Crippen molar-refractivity contribution in [2.45, 2.75) is 17.8 Å². The Bertz CT molecular complexity index is 616. The fourth-order valence-corrected chi connectivity index (χ4v) is 3.07. The van der Waals surface area contributed by atoms with Crippen LogP contribution in [0.5, 0.6) is 0 Å². The van der Waals surface area contributed by atoms with Crippen molar-refractivity contribution in [2.24, 2.45) is 0 Å². The van der Waals surface area contributed by atoms with Gasteiger partial charge in [-0.3, -0.25) is 9.59 Å². The number of amides is 2. The highest BCUT2D eigenvalue weighted by Gasteiger charge is 2.08. The third kappa shape index (κ3) is 5.52. The first-order valence-electron chi connectivity index (χ1n) is 6.18. The lowest BCUT2D eigenvalue weighted by Gasteiger charge is -2.03. The zero-order valence-corrected chi connectivity index (χ0v) is 13.0. The number of carbonyl (C=O) groups is 2. The van der Waals surface area contributed by atoms with Gasteiger partial charge < -0.3 is 10.6 Å². The highest BCUT2D eigenvalue weighted by atomic mass is 32.2. The summed E-state index contributed by atoms with van der Waals surface area (Å²) in [6.45, 7) is 1.92. The Hall–Kier alpha value is -1.93. The second-order valence-electron chi connectivity index (χ2n) is 4.11. The van der Waals surface area contributed by atoms with Crippen LogP contribution in [0, 0.1) is 0 Å². The van der Waals surface area contributed by atoms with Gasteiger partial charge in [0.25, 0.3) is 0 Å². The summed E-state index contributed by atoms with van der Waals surface area (Å²) in [4.78, 5) is 22.6. The molecule has 0 saturated carbocycles. The minimum atomic E-state index is -0.191. The predicted molar refractivity (Wildman–Crippen MR) is 83.2 cm³/mol. The van der Waals surface area contributed by atoms with E-state index in [0.29, 0.717) is 16.0 Å². The quantitative estimate of drug-likeness (QED) is 0.627. The fourth-order valence-electron chi connectivity index (χ4n) is 1.44. The summed E-state index contributed by atoms with van der Waals surface area (Å²) in [7, 11) is 0. The van der Waals surface area contributed by atoms with E-state index in [1.165, 1.54) is 30.0 Å². The molecule has 2 N–H and O–H groups in total. The molecule has 2 rings (SSSR count). The molecule has 0 radical (unpaired) electrons. The molecule has 2 amide bonds. The van der Waals surface area contributed by atoms with Gasteiger partial charge in [0.05, 0.1) is 5.75 Å². The molecule has 8 heteroatoms. The zero-order chi connectivity index (χ0) is 15.1. The molecular weight excluding hydrogens is 308 g/mol. The Morgan fingerprint density at radius 3 is 2.71 bits per heavy atom. The van der Waals surface area contributed by atoms with E-state index in [4.69, 9.17) is 0 Å². The number of hydrogen-bond acceptors (Lipinski definition) is 6. The molecule has 2 aromatic rings. The third-order valence-corrected chi connectivity index (χ3v) is 4.32. The molecule has 110 valence electrons. The number of carbonyl (C=O) groups excluding carboxylic acids is 2. The largest absolute Gasteiger partial charge is 0.351 e. The average Bonchev–Trinajstić information content (AvgIpc) is 2.91. The molecule has 0 aliphatic heterocycles. The van der Waals surface area contributed by atoms with Gasteiger partial charge in [0, 0.05) is 13.5 Å². The number of nitrogens with one attached hydrogen (secondary N) is 2. The minimum Gasteiger partial charge on any atom is -0.351 e. The van der Waals surface area contributed by atoms with Crippen LogP contribution in [0.4, 0.5) is 5.13 Å². The monoisotopic (exact) mass is 322 g/mol. The molecule has 1 aromatic heterocycles. The second kappa shape index (κ2) is 7.75. The zero-order valence-electron chi connectivity index (χ0n) is 11.3. The summed E-state index contributed by atoms with van der Waals surface area (Å²) in [6.07, 6.45) is 0. The van der Waals surface area contributed by atoms with E-state index in [1.54, 1.807) is 0 Å². The lowest BCUT2D eigenvalue weighted by molar-refractivity contribution is -0.118. The summed E-state index contributed by atoms with van der Waals surface area (Å²) in [5.74, 6) is 0.00471. The van der Waals surface area contributed by atoms with Gasteiger partial charge in [-0.25, -0.2) is 0 Å². The molecule has 0 spiro atoms. The van der Waals surface area contributed by atoms with Crippen molar-refractivity contribution in [1.29, 1.82) is 0 Å². The van der Waals surface area contributed by atoms with Crippen LogP contribution in [0.25, 0.3) is 0 Å². The van der Waals surface area contributed by atoms with E-state index in [0.717, 1.165) is 5.56 Å². The number of thioether (sulfide) groups is 1. The van der Waals surface area contributed by atoms with E-state index in [9.17, 15) is 9.59 Å². The van der Waals surface area contributed by atoms with Crippen molar-refractivity contribution < 1.29 is 9.59 Å². The highest BCUT2D eigenvalue weighted by Crippen LogP contribution is 2.25. The highest BCUT2D eigenvalue weighted by molar-refractivity contribution is 8.01. The summed E-state index contributed by atoms with van der Waals surface area (Å²) < 4.78 is 0.647. The van der Waals surface area contributed by atoms with Gasteiger partial charge >= 0.3 is 0 Å². The number of hydrogen-bond donors (Lipinski definition) is 2. The van der Waals surface area contributed by atoms with Crippen molar-refractivity contribution in [3.05, 3.63) is 35.9 Å². The van der Waals surface area contributed by atoms with Crippen LogP contribution in [0.3, 0.4) is 0 Å². The third-order valence-electron chi connectivity index (χ3n) is 2.35. The lowest BCUT2D eigenvalue weighted by atomic mass is 10.2. The second-order valence-corrected chi connectivity index (χ2v) is 6.31. The Morgan fingerprint density at radius 2 is 2.00 bits per heavy atom. The first-order chi connectivity index (χ1) is 10.1. The molecule has 0 bridgehead atoms. The normalized spacial score (nSPS) is 10.1. The van der Waals surface area contributed by atoms with Crippen LogP contribution in [0.2, 0.25) is 0 Å². The smallest absolute Gasteiger partial charge is 0.230 e. The Labute approximate surface area is 130 Å². The van der Waals surface area contributed by atoms with Gasteiger partial charge in [-0.15, -0.1) is 10.2 Å². The van der Waals surface area contributed by atoms with E-state index >= 15 is 0 Å².